The maximum Gasteiger partial charge on any atom is 0.253 e. The second kappa shape index (κ2) is 10.5. The summed E-state index contributed by atoms with van der Waals surface area (Å²) in [6, 6.07) is 23.8. The van der Waals surface area contributed by atoms with Gasteiger partial charge in [-0.1, -0.05) is 83.6 Å². The maximum atomic E-state index is 13.2. The molecule has 3 aromatic carbocycles. The van der Waals surface area contributed by atoms with E-state index in [-0.39, 0.29) is 11.8 Å². The molecule has 1 unspecified atom stereocenters. The smallest absolute Gasteiger partial charge is 0.253 e. The molecule has 6 nitrogen and oxygen atoms in total. The number of aromatic nitrogens is 2. The largest absolute Gasteiger partial charge is 0.340 e. The van der Waals surface area contributed by atoms with Gasteiger partial charge in [0.25, 0.3) is 5.91 Å². The third-order valence-corrected chi connectivity index (χ3v) is 6.56. The van der Waals surface area contributed by atoms with Gasteiger partial charge >= 0.3 is 0 Å². The molecule has 0 saturated heterocycles. The number of hydrogen-bond acceptors (Lipinski definition) is 5. The minimum Gasteiger partial charge on any atom is -0.340 e. The van der Waals surface area contributed by atoms with Crippen molar-refractivity contribution in [2.24, 2.45) is 0 Å². The van der Waals surface area contributed by atoms with Gasteiger partial charge in [0, 0.05) is 16.5 Å². The van der Waals surface area contributed by atoms with Crippen molar-refractivity contribution in [1.29, 1.82) is 0 Å². The van der Waals surface area contributed by atoms with Crippen molar-refractivity contribution in [1.82, 2.24) is 15.5 Å². The predicted molar refractivity (Wildman–Crippen MR) is 134 cm³/mol. The van der Waals surface area contributed by atoms with E-state index in [1.807, 2.05) is 67.6 Å². The Morgan fingerprint density at radius 3 is 2.36 bits per heavy atom. The molecule has 0 radical (unpaired) electrons. The first-order chi connectivity index (χ1) is 16.0. The van der Waals surface area contributed by atoms with Gasteiger partial charge in [0.15, 0.2) is 0 Å². The van der Waals surface area contributed by atoms with Gasteiger partial charge in [-0.25, -0.2) is 0 Å². The fourth-order valence-corrected chi connectivity index (χ4v) is 4.44. The molecule has 0 fully saturated rings. The molecule has 0 spiro atoms. The molecule has 0 aliphatic heterocycles. The van der Waals surface area contributed by atoms with Gasteiger partial charge in [-0.2, -0.15) is 0 Å². The lowest BCUT2D eigenvalue weighted by Gasteiger charge is -2.18. The van der Waals surface area contributed by atoms with Crippen LogP contribution in [0, 0.1) is 6.92 Å². The van der Waals surface area contributed by atoms with Crippen LogP contribution in [0.4, 0.5) is 5.13 Å². The Kier molecular flexibility index (Phi) is 7.26. The van der Waals surface area contributed by atoms with Crippen LogP contribution in [-0.2, 0) is 11.2 Å². The number of nitrogens with one attached hydrogen (secondary N) is 2. The van der Waals surface area contributed by atoms with Crippen LogP contribution in [0.15, 0.2) is 83.3 Å². The highest BCUT2D eigenvalue weighted by molar-refractivity contribution is 9.10. The summed E-state index contributed by atoms with van der Waals surface area (Å²) >= 11 is 4.68. The number of aryl methyl sites for hydroxylation is 1. The summed E-state index contributed by atoms with van der Waals surface area (Å²) in [4.78, 5) is 26.1. The molecular formula is C25H21BrN4O2S. The molecule has 0 bridgehead atoms. The Bertz CT molecular complexity index is 1260. The highest BCUT2D eigenvalue weighted by Crippen LogP contribution is 2.26. The Labute approximate surface area is 204 Å². The van der Waals surface area contributed by atoms with Gasteiger partial charge in [0.2, 0.25) is 11.0 Å². The molecule has 2 N–H and O–H groups in total. The Balaban J connectivity index is 1.52. The van der Waals surface area contributed by atoms with Gasteiger partial charge in [0.05, 0.1) is 5.56 Å². The number of benzene rings is 3. The van der Waals surface area contributed by atoms with Gasteiger partial charge in [-0.05, 0) is 40.5 Å². The van der Waals surface area contributed by atoms with E-state index in [1.165, 1.54) is 11.3 Å². The van der Waals surface area contributed by atoms with Gasteiger partial charge < -0.3 is 5.32 Å². The number of nitrogens with zero attached hydrogens (tertiary/aromatic N) is 2. The van der Waals surface area contributed by atoms with Crippen molar-refractivity contribution in [3.8, 4) is 10.6 Å². The van der Waals surface area contributed by atoms with E-state index >= 15 is 0 Å². The zero-order chi connectivity index (χ0) is 23.2. The summed E-state index contributed by atoms with van der Waals surface area (Å²) in [5.41, 5.74) is 3.48. The van der Waals surface area contributed by atoms with Crippen molar-refractivity contribution in [3.63, 3.8) is 0 Å². The van der Waals surface area contributed by atoms with Crippen molar-refractivity contribution < 1.29 is 9.59 Å². The summed E-state index contributed by atoms with van der Waals surface area (Å²) in [5.74, 6) is -0.693. The lowest BCUT2D eigenvalue weighted by Crippen LogP contribution is -2.45. The molecule has 1 heterocycles. The van der Waals surface area contributed by atoms with Crippen LogP contribution in [-0.4, -0.2) is 28.1 Å². The summed E-state index contributed by atoms with van der Waals surface area (Å²) < 4.78 is 0.660. The van der Waals surface area contributed by atoms with Crippen LogP contribution in [0.25, 0.3) is 10.6 Å². The average molecular weight is 521 g/mol. The maximum absolute atomic E-state index is 13.2. The van der Waals surface area contributed by atoms with Crippen molar-refractivity contribution in [2.75, 3.05) is 5.32 Å². The molecule has 33 heavy (non-hydrogen) atoms. The van der Waals surface area contributed by atoms with Crippen LogP contribution in [0.3, 0.4) is 0 Å². The summed E-state index contributed by atoms with van der Waals surface area (Å²) in [6.07, 6.45) is 0.340. The summed E-state index contributed by atoms with van der Waals surface area (Å²) in [6.45, 7) is 2.02. The summed E-state index contributed by atoms with van der Waals surface area (Å²) in [7, 11) is 0. The SMILES string of the molecule is Cc1ccc(-c2nnc(NC(=O)C(Cc3ccccc3)NC(=O)c3ccccc3Br)s2)cc1. The Morgan fingerprint density at radius 1 is 0.939 bits per heavy atom. The Morgan fingerprint density at radius 2 is 1.64 bits per heavy atom. The molecule has 0 saturated carbocycles. The third kappa shape index (κ3) is 5.91. The highest BCUT2D eigenvalue weighted by atomic mass is 79.9. The fraction of sp³-hybridized carbons (Fsp3) is 0.120. The normalized spacial score (nSPS) is 11.6. The fourth-order valence-electron chi connectivity index (χ4n) is 3.22. The molecular weight excluding hydrogens is 500 g/mol. The van der Waals surface area contributed by atoms with E-state index in [9.17, 15) is 9.59 Å². The lowest BCUT2D eigenvalue weighted by atomic mass is 10.0. The third-order valence-electron chi connectivity index (χ3n) is 4.98. The van der Waals surface area contributed by atoms with E-state index in [0.29, 0.717) is 26.6 Å². The number of hydrogen-bond donors (Lipinski definition) is 2. The van der Waals surface area contributed by atoms with Crippen LogP contribution in [0.2, 0.25) is 0 Å². The van der Waals surface area contributed by atoms with Gasteiger partial charge in [0.1, 0.15) is 11.0 Å². The minimum absolute atomic E-state index is 0.337. The molecule has 166 valence electrons. The monoisotopic (exact) mass is 520 g/mol. The molecule has 1 aromatic heterocycles. The first kappa shape index (κ1) is 22.8. The molecule has 4 rings (SSSR count). The van der Waals surface area contributed by atoms with E-state index in [4.69, 9.17) is 0 Å². The second-order valence-corrected chi connectivity index (χ2v) is 9.30. The molecule has 0 aliphatic carbocycles. The number of carbonyl (C=O) groups is 2. The minimum atomic E-state index is -0.793. The van der Waals surface area contributed by atoms with Crippen LogP contribution in [0.1, 0.15) is 21.5 Å². The lowest BCUT2D eigenvalue weighted by molar-refractivity contribution is -0.118. The summed E-state index contributed by atoms with van der Waals surface area (Å²) in [5, 5.41) is 15.1. The van der Waals surface area contributed by atoms with Gasteiger partial charge in [-0.15, -0.1) is 10.2 Å². The van der Waals surface area contributed by atoms with Crippen LogP contribution < -0.4 is 10.6 Å². The topological polar surface area (TPSA) is 84.0 Å². The number of carbonyl (C=O) groups excluding carboxylic acids is 2. The van der Waals surface area contributed by atoms with Crippen LogP contribution in [0.5, 0.6) is 0 Å². The zero-order valence-electron chi connectivity index (χ0n) is 17.8. The number of anilines is 1. The van der Waals surface area contributed by atoms with E-state index < -0.39 is 6.04 Å². The molecule has 2 amide bonds. The molecule has 1 atom stereocenters. The van der Waals surface area contributed by atoms with Crippen molar-refractivity contribution >= 4 is 44.2 Å². The molecule has 4 aromatic rings. The van der Waals surface area contributed by atoms with Gasteiger partial charge in [-0.3, -0.25) is 14.9 Å². The Hall–Kier alpha value is -3.36. The number of halogens is 1. The first-order valence-electron chi connectivity index (χ1n) is 10.3. The van der Waals surface area contributed by atoms with E-state index in [1.54, 1.807) is 18.2 Å². The number of amides is 2. The van der Waals surface area contributed by atoms with Crippen molar-refractivity contribution in [3.05, 3.63) is 100 Å². The molecule has 0 aliphatic rings. The first-order valence-corrected chi connectivity index (χ1v) is 11.9. The average Bonchev–Trinajstić information content (AvgIpc) is 3.28. The number of rotatable bonds is 7. The van der Waals surface area contributed by atoms with Crippen molar-refractivity contribution in [2.45, 2.75) is 19.4 Å². The van der Waals surface area contributed by atoms with Crippen LogP contribution >= 0.6 is 27.3 Å². The molecule has 8 heteroatoms. The predicted octanol–water partition coefficient (Wildman–Crippen LogP) is 5.26. The highest BCUT2D eigenvalue weighted by Gasteiger charge is 2.24. The standard InChI is InChI=1S/C25H21BrN4O2S/c1-16-11-13-18(14-12-16)24-29-30-25(33-24)28-23(32)21(15-17-7-3-2-4-8-17)27-22(31)19-9-5-6-10-20(19)26/h2-14,21H,15H2,1H3,(H,27,31)(H,28,30,32). The zero-order valence-corrected chi connectivity index (χ0v) is 20.2. The van der Waals surface area contributed by atoms with E-state index in [0.717, 1.165) is 16.7 Å². The quantitative estimate of drug-likeness (QED) is 0.348. The van der Waals surface area contributed by atoms with E-state index in [2.05, 4.69) is 36.8 Å². The second-order valence-electron chi connectivity index (χ2n) is 7.46.